The molecule has 2 amide bonds. The van der Waals surface area contributed by atoms with E-state index in [-0.39, 0.29) is 20.8 Å². The number of urea groups is 1. The molecule has 1 aliphatic rings. The summed E-state index contributed by atoms with van der Waals surface area (Å²) in [7, 11) is -0.147. The van der Waals surface area contributed by atoms with Gasteiger partial charge >= 0.3 is 6.03 Å². The Morgan fingerprint density at radius 3 is 2.84 bits per heavy atom. The summed E-state index contributed by atoms with van der Waals surface area (Å²) in [6, 6.07) is 1.02. The highest BCUT2D eigenvalue weighted by Crippen LogP contribution is 2.24. The number of thioether (sulfide) groups is 1. The van der Waals surface area contributed by atoms with Crippen LogP contribution >= 0.6 is 11.8 Å². The summed E-state index contributed by atoms with van der Waals surface area (Å²) in [6.07, 6.45) is 3.83. The van der Waals surface area contributed by atoms with Gasteiger partial charge in [0, 0.05) is 30.7 Å². The van der Waals surface area contributed by atoms with Crippen LogP contribution in [-0.2, 0) is 4.74 Å². The first kappa shape index (κ1) is 16.9. The van der Waals surface area contributed by atoms with Gasteiger partial charge in [-0.3, -0.25) is 0 Å². The van der Waals surface area contributed by atoms with E-state index in [1.807, 2.05) is 18.7 Å². The average Bonchev–Trinajstić information content (AvgIpc) is 2.38. The first-order valence-electron chi connectivity index (χ1n) is 7.33. The molecule has 0 bridgehead atoms. The normalized spacial score (nSPS) is 23.9. The number of carbonyl (C=O) groups is 1. The van der Waals surface area contributed by atoms with Crippen LogP contribution in [0.1, 0.15) is 33.1 Å². The Morgan fingerprint density at radius 1 is 1.47 bits per heavy atom. The lowest BCUT2D eigenvalue weighted by atomic mass is 10.1. The van der Waals surface area contributed by atoms with Crippen LogP contribution in [0.2, 0.25) is 6.04 Å². The van der Waals surface area contributed by atoms with Gasteiger partial charge in [0.15, 0.2) is 0 Å². The number of ether oxygens (including phenoxy) is 1. The lowest BCUT2D eigenvalue weighted by molar-refractivity contribution is -0.00718. The number of rotatable bonds is 8. The van der Waals surface area contributed by atoms with Crippen LogP contribution in [-0.4, -0.2) is 56.9 Å². The van der Waals surface area contributed by atoms with Crippen molar-refractivity contribution in [2.75, 3.05) is 31.2 Å². The molecule has 1 fully saturated rings. The highest BCUT2D eigenvalue weighted by atomic mass is 32.2. The standard InChI is InChI=1S/C13H28N2O2SSi/c1-3-15(12(14)16)7-9-18-10-11-19-13(2)6-4-5-8-17-13/h3-11,19H2,1-2H3,(H2,14,16). The van der Waals surface area contributed by atoms with E-state index in [4.69, 9.17) is 10.5 Å². The number of nitrogens with two attached hydrogens (primary N) is 1. The molecule has 19 heavy (non-hydrogen) atoms. The molecular formula is C13H28N2O2SSi. The van der Waals surface area contributed by atoms with E-state index in [0.29, 0.717) is 6.54 Å². The highest BCUT2D eigenvalue weighted by molar-refractivity contribution is 7.99. The van der Waals surface area contributed by atoms with Gasteiger partial charge in [-0.05, 0) is 38.9 Å². The van der Waals surface area contributed by atoms with Gasteiger partial charge in [0.1, 0.15) is 0 Å². The second-order valence-electron chi connectivity index (χ2n) is 5.39. The van der Waals surface area contributed by atoms with Crippen molar-refractivity contribution in [3.8, 4) is 0 Å². The molecule has 0 radical (unpaired) electrons. The number of nitrogens with zero attached hydrogens (tertiary/aromatic N) is 1. The van der Waals surface area contributed by atoms with Crippen molar-refractivity contribution in [1.82, 2.24) is 4.90 Å². The predicted octanol–water partition coefficient (Wildman–Crippen LogP) is 1.62. The topological polar surface area (TPSA) is 55.6 Å². The van der Waals surface area contributed by atoms with Crippen molar-refractivity contribution < 1.29 is 9.53 Å². The van der Waals surface area contributed by atoms with Crippen LogP contribution in [0.4, 0.5) is 4.79 Å². The van der Waals surface area contributed by atoms with Gasteiger partial charge in [-0.1, -0.05) is 6.04 Å². The maximum absolute atomic E-state index is 11.0. The maximum Gasteiger partial charge on any atom is 0.314 e. The molecule has 112 valence electrons. The second-order valence-corrected chi connectivity index (χ2v) is 9.32. The van der Waals surface area contributed by atoms with Crippen LogP contribution in [0, 0.1) is 0 Å². The zero-order valence-corrected chi connectivity index (χ0v) is 14.6. The summed E-state index contributed by atoms with van der Waals surface area (Å²) >= 11 is 1.93. The Morgan fingerprint density at radius 2 is 2.26 bits per heavy atom. The Balaban J connectivity index is 2.03. The Kier molecular flexibility index (Phi) is 7.86. The summed E-state index contributed by atoms with van der Waals surface area (Å²) in [5.41, 5.74) is 5.27. The van der Waals surface area contributed by atoms with Crippen molar-refractivity contribution in [2.24, 2.45) is 5.73 Å². The molecule has 0 aliphatic carbocycles. The van der Waals surface area contributed by atoms with Crippen molar-refractivity contribution in [3.63, 3.8) is 0 Å². The molecule has 6 heteroatoms. The van der Waals surface area contributed by atoms with E-state index >= 15 is 0 Å². The number of hydrogen-bond donors (Lipinski definition) is 1. The first-order valence-corrected chi connectivity index (χ1v) is 10.2. The molecule has 0 aromatic carbocycles. The third-order valence-corrected chi connectivity index (χ3v) is 7.63. The van der Waals surface area contributed by atoms with Gasteiger partial charge in [-0.15, -0.1) is 0 Å². The van der Waals surface area contributed by atoms with Crippen LogP contribution in [0.15, 0.2) is 0 Å². The lowest BCUT2D eigenvalue weighted by Gasteiger charge is -2.33. The van der Waals surface area contributed by atoms with E-state index in [1.165, 1.54) is 31.1 Å². The van der Waals surface area contributed by atoms with Crippen LogP contribution in [0.5, 0.6) is 0 Å². The summed E-state index contributed by atoms with van der Waals surface area (Å²) in [4.78, 5) is 12.7. The minimum absolute atomic E-state index is 0.147. The predicted molar refractivity (Wildman–Crippen MR) is 85.7 cm³/mol. The van der Waals surface area contributed by atoms with Gasteiger partial charge in [0.2, 0.25) is 0 Å². The monoisotopic (exact) mass is 304 g/mol. The molecule has 1 unspecified atom stereocenters. The average molecular weight is 305 g/mol. The number of carbonyl (C=O) groups excluding carboxylic acids is 1. The van der Waals surface area contributed by atoms with Crippen LogP contribution in [0.25, 0.3) is 0 Å². The van der Waals surface area contributed by atoms with Crippen molar-refractivity contribution in [2.45, 2.75) is 44.4 Å². The molecule has 4 nitrogen and oxygen atoms in total. The van der Waals surface area contributed by atoms with E-state index in [9.17, 15) is 4.79 Å². The third-order valence-electron chi connectivity index (χ3n) is 3.74. The fraction of sp³-hybridized carbons (Fsp3) is 0.923. The number of hydrogen-bond acceptors (Lipinski definition) is 3. The molecular weight excluding hydrogens is 276 g/mol. The van der Waals surface area contributed by atoms with Crippen LogP contribution in [0.3, 0.4) is 0 Å². The van der Waals surface area contributed by atoms with Crippen molar-refractivity contribution in [3.05, 3.63) is 0 Å². The Hall–Kier alpha value is -0.203. The smallest absolute Gasteiger partial charge is 0.314 e. The summed E-state index contributed by atoms with van der Waals surface area (Å²) in [6.45, 7) is 6.70. The van der Waals surface area contributed by atoms with Gasteiger partial charge < -0.3 is 15.4 Å². The van der Waals surface area contributed by atoms with E-state index < -0.39 is 0 Å². The summed E-state index contributed by atoms with van der Waals surface area (Å²) < 4.78 is 5.94. The summed E-state index contributed by atoms with van der Waals surface area (Å²) in [5.74, 6) is 2.18. The Bertz CT molecular complexity index is 273. The van der Waals surface area contributed by atoms with Gasteiger partial charge in [0.05, 0.1) is 9.52 Å². The lowest BCUT2D eigenvalue weighted by Crippen LogP contribution is -2.39. The maximum atomic E-state index is 11.0. The molecule has 2 N–H and O–H groups in total. The van der Waals surface area contributed by atoms with Gasteiger partial charge in [-0.25, -0.2) is 4.79 Å². The quantitative estimate of drug-likeness (QED) is 0.548. The van der Waals surface area contributed by atoms with Gasteiger partial charge in [0.25, 0.3) is 0 Å². The molecule has 0 saturated carbocycles. The zero-order chi connectivity index (χ0) is 14.1. The van der Waals surface area contributed by atoms with Gasteiger partial charge in [-0.2, -0.15) is 11.8 Å². The molecule has 1 saturated heterocycles. The fourth-order valence-corrected chi connectivity index (χ4v) is 5.92. The van der Waals surface area contributed by atoms with E-state index in [2.05, 4.69) is 6.92 Å². The first-order chi connectivity index (χ1) is 9.07. The summed E-state index contributed by atoms with van der Waals surface area (Å²) in [5, 5.41) is 0.251. The molecule has 1 rings (SSSR count). The fourth-order valence-electron chi connectivity index (χ4n) is 2.44. The zero-order valence-electron chi connectivity index (χ0n) is 12.3. The minimum Gasteiger partial charge on any atom is -0.379 e. The van der Waals surface area contributed by atoms with Crippen molar-refractivity contribution in [1.29, 1.82) is 0 Å². The Labute approximate surface area is 123 Å². The molecule has 0 aromatic heterocycles. The van der Waals surface area contributed by atoms with Crippen LogP contribution < -0.4 is 5.73 Å². The van der Waals surface area contributed by atoms with E-state index in [0.717, 1.165) is 18.9 Å². The molecule has 1 atom stereocenters. The number of amides is 2. The number of primary amides is 1. The highest BCUT2D eigenvalue weighted by Gasteiger charge is 2.27. The minimum atomic E-state index is -0.305. The third kappa shape index (κ3) is 6.67. The SMILES string of the molecule is CCN(CCSCC[SiH2]C1(C)CCCCO1)C(N)=O. The van der Waals surface area contributed by atoms with Crippen molar-refractivity contribution >= 4 is 27.3 Å². The molecule has 0 aromatic rings. The van der Waals surface area contributed by atoms with E-state index in [1.54, 1.807) is 4.90 Å². The second kappa shape index (κ2) is 8.87. The molecule has 1 heterocycles. The largest absolute Gasteiger partial charge is 0.379 e. The molecule has 1 aliphatic heterocycles. The molecule has 0 spiro atoms.